The summed E-state index contributed by atoms with van der Waals surface area (Å²) >= 11 is 12.7. The van der Waals surface area contributed by atoms with Crippen LogP contribution in [0, 0.1) is 3.83 Å². The minimum absolute atomic E-state index is 0.702. The van der Waals surface area contributed by atoms with Crippen molar-refractivity contribution < 1.29 is 0 Å². The van der Waals surface area contributed by atoms with Gasteiger partial charge in [0.1, 0.15) is 5.01 Å². The summed E-state index contributed by atoms with van der Waals surface area (Å²) in [5, 5.41) is 1.61. The number of hydrogen-bond acceptors (Lipinski definition) is 3. The maximum atomic E-state index is 5.89. The van der Waals surface area contributed by atoms with Crippen molar-refractivity contribution in [1.29, 1.82) is 0 Å². The van der Waals surface area contributed by atoms with E-state index in [-0.39, 0.29) is 0 Å². The normalized spacial score (nSPS) is 10.5. The lowest BCUT2D eigenvalue weighted by Gasteiger charge is -1.98. The van der Waals surface area contributed by atoms with Gasteiger partial charge in [0.15, 0.2) is 0 Å². The van der Waals surface area contributed by atoms with Gasteiger partial charge in [0.2, 0.25) is 3.83 Å². The van der Waals surface area contributed by atoms with Crippen molar-refractivity contribution in [3.05, 3.63) is 31.5 Å². The lowest BCUT2D eigenvalue weighted by atomic mass is 10.2. The summed E-state index contributed by atoms with van der Waals surface area (Å²) in [7, 11) is 0. The number of benzene rings is 1. The maximum Gasteiger partial charge on any atom is 0.203 e. The Hall–Kier alpha value is 0.280. The molecule has 0 unspecified atom stereocenters. The largest absolute Gasteiger partial charge is 0.210 e. The fraction of sp³-hybridized carbons (Fsp3) is 0. The van der Waals surface area contributed by atoms with E-state index in [4.69, 9.17) is 11.6 Å². The third-order valence-corrected chi connectivity index (χ3v) is 4.36. The summed E-state index contributed by atoms with van der Waals surface area (Å²) in [6.45, 7) is 0. The predicted molar refractivity (Wildman–Crippen MR) is 70.8 cm³/mol. The van der Waals surface area contributed by atoms with Gasteiger partial charge in [-0.1, -0.05) is 17.7 Å². The number of hydrogen-bond donors (Lipinski definition) is 0. The van der Waals surface area contributed by atoms with Crippen LogP contribution in [0.3, 0.4) is 0 Å². The van der Waals surface area contributed by atoms with Gasteiger partial charge in [-0.2, -0.15) is 4.37 Å². The molecular weight excluding hydrogens is 398 g/mol. The molecule has 0 amide bonds. The van der Waals surface area contributed by atoms with E-state index < -0.39 is 0 Å². The van der Waals surface area contributed by atoms with Crippen molar-refractivity contribution in [3.63, 3.8) is 0 Å². The van der Waals surface area contributed by atoms with Crippen molar-refractivity contribution in [2.45, 2.75) is 0 Å². The van der Waals surface area contributed by atoms with E-state index in [0.29, 0.717) is 5.02 Å². The molecule has 0 fully saturated rings. The first kappa shape index (κ1) is 10.8. The summed E-state index contributed by atoms with van der Waals surface area (Å²) in [5.41, 5.74) is 1.03. The minimum atomic E-state index is 0.702. The van der Waals surface area contributed by atoms with Gasteiger partial charge >= 0.3 is 0 Å². The van der Waals surface area contributed by atoms with Crippen molar-refractivity contribution >= 4 is 61.7 Å². The summed E-state index contributed by atoms with van der Waals surface area (Å²) < 4.78 is 5.76. The Labute approximate surface area is 112 Å². The highest BCUT2D eigenvalue weighted by molar-refractivity contribution is 14.1. The summed E-state index contributed by atoms with van der Waals surface area (Å²) in [4.78, 5) is 4.28. The number of aromatic nitrogens is 2. The molecule has 0 spiro atoms. The van der Waals surface area contributed by atoms with E-state index in [1.54, 1.807) is 0 Å². The van der Waals surface area contributed by atoms with Gasteiger partial charge in [-0.05, 0) is 39.6 Å². The van der Waals surface area contributed by atoms with Gasteiger partial charge in [-0.15, -0.1) is 0 Å². The van der Waals surface area contributed by atoms with Crippen LogP contribution in [0.25, 0.3) is 10.6 Å². The molecule has 1 heterocycles. The second kappa shape index (κ2) is 4.42. The van der Waals surface area contributed by atoms with Crippen molar-refractivity contribution in [1.82, 2.24) is 9.36 Å². The number of nitrogens with zero attached hydrogens (tertiary/aromatic N) is 2. The highest BCUT2D eigenvalue weighted by atomic mass is 127. The van der Waals surface area contributed by atoms with Gasteiger partial charge < -0.3 is 0 Å². The van der Waals surface area contributed by atoms with E-state index in [2.05, 4.69) is 47.9 Å². The first-order valence-corrected chi connectivity index (χ1v) is 6.64. The van der Waals surface area contributed by atoms with Crippen LogP contribution in [-0.4, -0.2) is 9.36 Å². The van der Waals surface area contributed by atoms with Gasteiger partial charge in [-0.3, -0.25) is 0 Å². The topological polar surface area (TPSA) is 25.8 Å². The van der Waals surface area contributed by atoms with Crippen LogP contribution < -0.4 is 0 Å². The third kappa shape index (κ3) is 2.26. The van der Waals surface area contributed by atoms with Crippen LogP contribution >= 0.6 is 61.7 Å². The standard InChI is InChI=1S/C8H3BrClIN2S/c9-5-3-4(1-2-6(5)10)7-12-8(11)13-14-7/h1-3H. The van der Waals surface area contributed by atoms with E-state index in [1.165, 1.54) is 11.5 Å². The Morgan fingerprint density at radius 3 is 2.79 bits per heavy atom. The first-order chi connectivity index (χ1) is 6.66. The molecule has 6 heteroatoms. The van der Waals surface area contributed by atoms with E-state index in [0.717, 1.165) is 18.9 Å². The SMILES string of the molecule is Clc1ccc(-c2nc(I)ns2)cc1Br. The van der Waals surface area contributed by atoms with Gasteiger partial charge in [0.25, 0.3) is 0 Å². The van der Waals surface area contributed by atoms with E-state index in [1.807, 2.05) is 18.2 Å². The molecule has 0 N–H and O–H groups in total. The minimum Gasteiger partial charge on any atom is -0.210 e. The molecule has 0 bridgehead atoms. The number of halogens is 3. The third-order valence-electron chi connectivity index (χ3n) is 1.57. The van der Waals surface area contributed by atoms with Crippen LogP contribution in [0.5, 0.6) is 0 Å². The zero-order chi connectivity index (χ0) is 10.1. The molecule has 2 nitrogen and oxygen atoms in total. The molecule has 0 atom stereocenters. The molecule has 0 saturated carbocycles. The molecule has 2 rings (SSSR count). The van der Waals surface area contributed by atoms with Crippen LogP contribution in [0.1, 0.15) is 0 Å². The fourth-order valence-corrected chi connectivity index (χ4v) is 2.71. The molecule has 0 aliphatic heterocycles. The van der Waals surface area contributed by atoms with Crippen molar-refractivity contribution in [2.24, 2.45) is 0 Å². The van der Waals surface area contributed by atoms with Crippen LogP contribution in [-0.2, 0) is 0 Å². The molecule has 0 aliphatic carbocycles. The summed E-state index contributed by atoms with van der Waals surface area (Å²) in [5.74, 6) is 0. The highest BCUT2D eigenvalue weighted by Gasteiger charge is 2.06. The van der Waals surface area contributed by atoms with Gasteiger partial charge in [-0.25, -0.2) is 4.98 Å². The lowest BCUT2D eigenvalue weighted by Crippen LogP contribution is -1.78. The Kier molecular flexibility index (Phi) is 3.41. The summed E-state index contributed by atoms with van der Waals surface area (Å²) in [6.07, 6.45) is 0. The average Bonchev–Trinajstić information content (AvgIpc) is 2.57. The molecule has 72 valence electrons. The van der Waals surface area contributed by atoms with Crippen LogP contribution in [0.15, 0.2) is 22.7 Å². The van der Waals surface area contributed by atoms with Gasteiger partial charge in [0.05, 0.1) is 5.02 Å². The molecule has 0 radical (unpaired) electrons. The Morgan fingerprint density at radius 2 is 2.21 bits per heavy atom. The predicted octanol–water partition coefficient (Wildman–Crippen LogP) is 4.23. The Morgan fingerprint density at radius 1 is 1.43 bits per heavy atom. The molecule has 1 aromatic carbocycles. The second-order valence-corrected chi connectivity index (χ2v) is 5.48. The zero-order valence-corrected chi connectivity index (χ0v) is 12.0. The van der Waals surface area contributed by atoms with Gasteiger partial charge in [0, 0.05) is 32.6 Å². The number of rotatable bonds is 1. The molecule has 2 aromatic rings. The quantitative estimate of drug-likeness (QED) is 0.669. The fourth-order valence-electron chi connectivity index (χ4n) is 0.952. The molecule has 0 aliphatic rings. The smallest absolute Gasteiger partial charge is 0.203 e. The molecule has 0 saturated heterocycles. The van der Waals surface area contributed by atoms with E-state index in [9.17, 15) is 0 Å². The second-order valence-electron chi connectivity index (χ2n) is 2.50. The zero-order valence-electron chi connectivity index (χ0n) is 6.67. The average molecular weight is 401 g/mol. The summed E-state index contributed by atoms with van der Waals surface area (Å²) in [6, 6.07) is 5.72. The lowest BCUT2D eigenvalue weighted by molar-refractivity contribution is 1.25. The Bertz CT molecular complexity index is 474. The van der Waals surface area contributed by atoms with Crippen LogP contribution in [0.4, 0.5) is 0 Å². The van der Waals surface area contributed by atoms with Crippen molar-refractivity contribution in [3.8, 4) is 10.6 Å². The van der Waals surface area contributed by atoms with E-state index >= 15 is 0 Å². The van der Waals surface area contributed by atoms with Crippen molar-refractivity contribution in [2.75, 3.05) is 0 Å². The monoisotopic (exact) mass is 400 g/mol. The Balaban J connectivity index is 2.47. The van der Waals surface area contributed by atoms with Crippen LogP contribution in [0.2, 0.25) is 5.02 Å². The first-order valence-electron chi connectivity index (χ1n) is 3.61. The maximum absolute atomic E-state index is 5.89. The highest BCUT2D eigenvalue weighted by Crippen LogP contribution is 2.29. The molecular formula is C8H3BrClIN2S. The molecule has 14 heavy (non-hydrogen) atoms. The molecule has 1 aromatic heterocycles.